The Balaban J connectivity index is 3.21. The minimum atomic E-state index is -1.95. The zero-order valence-corrected chi connectivity index (χ0v) is 6.56. The van der Waals surface area contributed by atoms with Gasteiger partial charge in [-0.15, -0.1) is 0 Å². The molecule has 0 spiro atoms. The number of hydrogen-bond acceptors (Lipinski definition) is 2. The summed E-state index contributed by atoms with van der Waals surface area (Å²) < 4.78 is 22.8. The molecule has 0 aromatic heterocycles. The van der Waals surface area contributed by atoms with Gasteiger partial charge in [-0.05, 0) is 0 Å². The first-order chi connectivity index (χ1) is 2.81. The van der Waals surface area contributed by atoms with Gasteiger partial charge in [-0.3, -0.25) is 0 Å². The molecule has 0 aromatic rings. The minimum absolute atomic E-state index is 0.657. The standard InChI is InChI=1S/BH2I2NO/c4-3-2-1-5/h2,4H/i2T. The molecule has 0 saturated carbocycles. The molecule has 0 amide bonds. The summed E-state index contributed by atoms with van der Waals surface area (Å²) in [4.78, 5) is 0. The van der Waals surface area contributed by atoms with E-state index in [1.165, 1.54) is 0 Å². The normalized spacial score (nSPS) is 12.0. The second-order valence-electron chi connectivity index (χ2n) is 0.243. The van der Waals surface area contributed by atoms with Crippen LogP contribution in [0.5, 0.6) is 0 Å². The fourth-order valence-electron chi connectivity index (χ4n) is 0.0168. The van der Waals surface area contributed by atoms with Crippen molar-refractivity contribution in [2.24, 2.45) is 0 Å². The Morgan fingerprint density at radius 2 is 3.00 bits per heavy atom. The molecule has 30 valence electrons. The fourth-order valence-corrected chi connectivity index (χ4v) is 0.758. The van der Waals surface area contributed by atoms with E-state index in [0.717, 1.165) is 0 Å². The fraction of sp³-hybridized carbons (Fsp3) is 0. The Morgan fingerprint density at radius 3 is 3.00 bits per heavy atom. The first-order valence-corrected chi connectivity index (χ1v) is 9.40. The third kappa shape index (κ3) is 5.12. The monoisotopic (exact) mass is 299 g/mol. The first kappa shape index (κ1) is 4.29. The van der Waals surface area contributed by atoms with Crippen molar-refractivity contribution in [3.05, 3.63) is 0 Å². The Labute approximate surface area is 47.4 Å². The zero-order valence-electron chi connectivity index (χ0n) is 3.24. The van der Waals surface area contributed by atoms with Crippen LogP contribution in [0, 0.1) is 3.56 Å². The maximum atomic E-state index is 9.53. The molecular formula is H2BI2NO. The van der Waals surface area contributed by atoms with Crippen LogP contribution in [0.2, 0.25) is 0 Å². The van der Waals surface area contributed by atoms with E-state index in [1.54, 1.807) is 0 Å². The van der Waals surface area contributed by atoms with Crippen LogP contribution in [0.1, 0.15) is 0 Å². The molecule has 0 rings (SSSR count). The van der Waals surface area contributed by atoms with Gasteiger partial charge >= 0.3 is 47.7 Å². The topological polar surface area (TPSA) is 40.9 Å². The molecular weight excluding hydrogens is 295 g/mol. The summed E-state index contributed by atoms with van der Waals surface area (Å²) in [6.07, 6.45) is 0. The van der Waals surface area contributed by atoms with Crippen molar-refractivity contribution in [3.63, 3.8) is 0 Å². The molecule has 0 saturated heterocycles. The van der Waals surface area contributed by atoms with E-state index in [1.807, 2.05) is 0 Å². The van der Waals surface area contributed by atoms with Crippen LogP contribution < -0.4 is 0 Å². The summed E-state index contributed by atoms with van der Waals surface area (Å²) in [5.74, 6) is 0. The van der Waals surface area contributed by atoms with Gasteiger partial charge in [-0.1, -0.05) is 0 Å². The van der Waals surface area contributed by atoms with Crippen molar-refractivity contribution in [2.75, 3.05) is 0 Å². The van der Waals surface area contributed by atoms with E-state index in [4.69, 9.17) is 4.16 Å². The van der Waals surface area contributed by atoms with Gasteiger partial charge in [0, 0.05) is 0 Å². The van der Waals surface area contributed by atoms with Gasteiger partial charge in [0.25, 0.3) is 0 Å². The predicted octanol–water partition coefficient (Wildman–Crippen LogP) is 1.30. The van der Waals surface area contributed by atoms with Crippen LogP contribution in [0.15, 0.2) is 0 Å². The van der Waals surface area contributed by atoms with Gasteiger partial charge in [0.2, 0.25) is 0 Å². The van der Waals surface area contributed by atoms with E-state index >= 15 is 0 Å². The van der Waals surface area contributed by atoms with Crippen molar-refractivity contribution in [1.29, 1.82) is 4.16 Å². The maximum absolute atomic E-state index is 9.53. The van der Waals surface area contributed by atoms with Crippen LogP contribution >= 0.6 is 33.9 Å². The number of nitrogens with one attached hydrogen (secondary N) is 1. The summed E-state index contributed by atoms with van der Waals surface area (Å²) >= 11 is -2.70. The Bertz CT molecular complexity index is 58.6. The second kappa shape index (κ2) is 5.12. The SMILES string of the molecule is [3H]I(B=O)I=N. The van der Waals surface area contributed by atoms with Gasteiger partial charge < -0.3 is 0 Å². The summed E-state index contributed by atoms with van der Waals surface area (Å²) in [5.41, 5.74) is 0. The van der Waals surface area contributed by atoms with Gasteiger partial charge in [-0.25, -0.2) is 0 Å². The van der Waals surface area contributed by atoms with Crippen molar-refractivity contribution in [1.82, 2.24) is 0 Å². The molecule has 0 radical (unpaired) electrons. The Hall–Kier alpha value is 1.12. The van der Waals surface area contributed by atoms with E-state index in [0.29, 0.717) is 5.01 Å². The molecule has 0 bridgehead atoms. The number of halogens is 2. The van der Waals surface area contributed by atoms with Crippen LogP contribution in [0.4, 0.5) is 0 Å². The molecule has 0 aliphatic rings. The number of hydrogen-bond donors (Lipinski definition) is 1. The van der Waals surface area contributed by atoms with Crippen LogP contribution in [-0.2, 0) is 4.70 Å². The van der Waals surface area contributed by atoms with Gasteiger partial charge in [-0.2, -0.15) is 0 Å². The average molecular weight is 299 g/mol. The van der Waals surface area contributed by atoms with E-state index in [2.05, 4.69) is 0 Å². The molecule has 0 fully saturated rings. The summed E-state index contributed by atoms with van der Waals surface area (Å²) in [5, 5.41) is 0.657. The summed E-state index contributed by atoms with van der Waals surface area (Å²) in [7, 11) is 0. The molecule has 0 aliphatic carbocycles. The van der Waals surface area contributed by atoms with Gasteiger partial charge in [0.15, 0.2) is 0 Å². The first-order valence-electron chi connectivity index (χ1n) is 1.16. The van der Waals surface area contributed by atoms with Crippen molar-refractivity contribution in [3.8, 4) is 0 Å². The molecule has 0 atom stereocenters. The summed E-state index contributed by atoms with van der Waals surface area (Å²) in [6, 6.07) is 0. The third-order valence-electron chi connectivity index (χ3n) is 0.0749. The Morgan fingerprint density at radius 1 is 2.40 bits per heavy atom. The van der Waals surface area contributed by atoms with E-state index in [-0.39, 0.29) is 0 Å². The number of rotatable bonds is 2. The zero-order chi connectivity index (χ0) is 4.99. The second-order valence-corrected chi connectivity index (χ2v) is 7.52. The molecule has 0 unspecified atom stereocenters. The van der Waals surface area contributed by atoms with Crippen molar-refractivity contribution < 1.29 is 4.70 Å². The van der Waals surface area contributed by atoms with Crippen molar-refractivity contribution >= 4 is 38.9 Å². The molecule has 0 aliphatic heterocycles. The van der Waals surface area contributed by atoms with Gasteiger partial charge in [0.05, 0.1) is 0 Å². The molecule has 0 heterocycles. The average Bonchev–Trinajstić information content (AvgIpc) is 1.65. The summed E-state index contributed by atoms with van der Waals surface area (Å²) in [6.45, 7) is 0. The van der Waals surface area contributed by atoms with E-state index in [9.17, 15) is 4.70 Å². The molecule has 5 heteroatoms. The quantitative estimate of drug-likeness (QED) is 0.606. The molecule has 0 aromatic carbocycles. The third-order valence-corrected chi connectivity index (χ3v) is 3.37. The van der Waals surface area contributed by atoms with Gasteiger partial charge in [0.1, 0.15) is 0 Å². The Kier molecular flexibility index (Phi) is 4.40. The van der Waals surface area contributed by atoms with Crippen LogP contribution in [-0.4, -0.2) is 5.60 Å². The van der Waals surface area contributed by atoms with E-state index < -0.39 is 33.9 Å². The van der Waals surface area contributed by atoms with Crippen LogP contribution in [0.25, 0.3) is 0 Å². The predicted molar refractivity (Wildman–Crippen MR) is 38.6 cm³/mol. The molecule has 1 N–H and O–H groups in total. The molecule has 2 nitrogen and oxygen atoms in total. The molecule has 5 heavy (non-hydrogen) atoms. The van der Waals surface area contributed by atoms with Crippen molar-refractivity contribution in [2.45, 2.75) is 0 Å². The van der Waals surface area contributed by atoms with Crippen LogP contribution in [0.3, 0.4) is 0 Å².